The maximum atomic E-state index is 13.3. The average Bonchev–Trinajstić information content (AvgIpc) is 2.60. The summed E-state index contributed by atoms with van der Waals surface area (Å²) in [4.78, 5) is 13.3. The summed E-state index contributed by atoms with van der Waals surface area (Å²) in [6, 6.07) is 0. The number of allylic oxidation sites excluding steroid dienone is 1. The predicted molar refractivity (Wildman–Crippen MR) is 96.5 cm³/mol. The van der Waals surface area contributed by atoms with Gasteiger partial charge in [0, 0.05) is 0 Å². The summed E-state index contributed by atoms with van der Waals surface area (Å²) >= 11 is 0. The zero-order valence-corrected chi connectivity index (χ0v) is 15.7. The first-order valence-electron chi connectivity index (χ1n) is 10.3. The number of Topliss-reactive ketones (excluding diaryl/α,β-unsaturated/α-hetero) is 1. The molecule has 2 unspecified atom stereocenters. The third kappa shape index (κ3) is 1.74. The SMILES string of the molecule is C=C1C(=O)[C@]23CC[C@H]1CC2[C@]1(CC)CCC[C@@](C)(CC)C1C[C@H]3O. The maximum Gasteiger partial charge on any atom is 0.167 e. The summed E-state index contributed by atoms with van der Waals surface area (Å²) in [5, 5.41) is 11.3. The number of hydrogen-bond acceptors (Lipinski definition) is 2. The minimum Gasteiger partial charge on any atom is -0.392 e. The fraction of sp³-hybridized carbons (Fsp3) is 0.864. The van der Waals surface area contributed by atoms with E-state index < -0.39 is 11.5 Å². The van der Waals surface area contributed by atoms with Crippen molar-refractivity contribution in [3.05, 3.63) is 12.2 Å². The van der Waals surface area contributed by atoms with Gasteiger partial charge >= 0.3 is 0 Å². The van der Waals surface area contributed by atoms with Gasteiger partial charge in [-0.1, -0.05) is 40.2 Å². The van der Waals surface area contributed by atoms with Crippen LogP contribution in [0.5, 0.6) is 0 Å². The normalized spacial score (nSPS) is 53.7. The number of rotatable bonds is 2. The van der Waals surface area contributed by atoms with Crippen LogP contribution < -0.4 is 0 Å². The van der Waals surface area contributed by atoms with E-state index in [1.807, 2.05) is 0 Å². The van der Waals surface area contributed by atoms with Gasteiger partial charge in [-0.25, -0.2) is 0 Å². The third-order valence-corrected chi connectivity index (χ3v) is 9.39. The molecule has 0 aromatic rings. The van der Waals surface area contributed by atoms with Crippen molar-refractivity contribution < 1.29 is 9.90 Å². The highest BCUT2D eigenvalue weighted by molar-refractivity contribution is 6.02. The summed E-state index contributed by atoms with van der Waals surface area (Å²) in [6.07, 6.45) is 9.63. The summed E-state index contributed by atoms with van der Waals surface area (Å²) in [5.41, 5.74) is 0.921. The van der Waals surface area contributed by atoms with Gasteiger partial charge in [-0.05, 0) is 79.1 Å². The number of carbonyl (C=O) groups is 1. The predicted octanol–water partition coefficient (Wildman–Crippen LogP) is 4.91. The molecule has 2 bridgehead atoms. The molecule has 0 aliphatic heterocycles. The lowest BCUT2D eigenvalue weighted by Crippen LogP contribution is -2.68. The molecule has 5 fully saturated rings. The van der Waals surface area contributed by atoms with Gasteiger partial charge in [-0.15, -0.1) is 0 Å². The highest BCUT2D eigenvalue weighted by Crippen LogP contribution is 2.72. The van der Waals surface area contributed by atoms with Crippen LogP contribution >= 0.6 is 0 Å². The Balaban J connectivity index is 1.86. The maximum absolute atomic E-state index is 13.3. The van der Waals surface area contributed by atoms with E-state index in [2.05, 4.69) is 27.4 Å². The molecule has 1 N–H and O–H groups in total. The van der Waals surface area contributed by atoms with E-state index in [0.29, 0.717) is 23.2 Å². The smallest absolute Gasteiger partial charge is 0.167 e. The van der Waals surface area contributed by atoms with Crippen molar-refractivity contribution in [2.45, 2.75) is 84.7 Å². The first-order chi connectivity index (χ1) is 11.4. The fourth-order valence-electron chi connectivity index (χ4n) is 7.90. The topological polar surface area (TPSA) is 37.3 Å². The second-order valence-corrected chi connectivity index (χ2v) is 9.67. The Bertz CT molecular complexity index is 581. The second kappa shape index (κ2) is 5.19. The molecule has 5 rings (SSSR count). The van der Waals surface area contributed by atoms with E-state index in [1.54, 1.807) is 0 Å². The molecule has 5 saturated carbocycles. The van der Waals surface area contributed by atoms with E-state index in [1.165, 1.54) is 32.1 Å². The first-order valence-corrected chi connectivity index (χ1v) is 10.3. The van der Waals surface area contributed by atoms with Crippen LogP contribution in [0.2, 0.25) is 0 Å². The summed E-state index contributed by atoms with van der Waals surface area (Å²) in [5.74, 6) is 1.57. The van der Waals surface area contributed by atoms with Gasteiger partial charge in [0.15, 0.2) is 5.78 Å². The molecule has 0 saturated heterocycles. The van der Waals surface area contributed by atoms with Crippen molar-refractivity contribution in [2.24, 2.45) is 34.0 Å². The number of aliphatic hydroxyl groups excluding tert-OH is 1. The zero-order valence-electron chi connectivity index (χ0n) is 15.7. The first kappa shape index (κ1) is 16.8. The van der Waals surface area contributed by atoms with E-state index >= 15 is 0 Å². The highest BCUT2D eigenvalue weighted by Gasteiger charge is 2.70. The lowest BCUT2D eigenvalue weighted by atomic mass is 9.35. The molecule has 0 radical (unpaired) electrons. The van der Waals surface area contributed by atoms with Gasteiger partial charge in [0.25, 0.3) is 0 Å². The van der Waals surface area contributed by atoms with Crippen molar-refractivity contribution in [2.75, 3.05) is 0 Å². The summed E-state index contributed by atoms with van der Waals surface area (Å²) in [7, 11) is 0. The lowest BCUT2D eigenvalue weighted by molar-refractivity contribution is -0.222. The van der Waals surface area contributed by atoms with Gasteiger partial charge in [0.05, 0.1) is 11.5 Å². The van der Waals surface area contributed by atoms with Crippen molar-refractivity contribution in [3.63, 3.8) is 0 Å². The Morgan fingerprint density at radius 3 is 2.54 bits per heavy atom. The largest absolute Gasteiger partial charge is 0.392 e. The minimum absolute atomic E-state index is 0.234. The van der Waals surface area contributed by atoms with Crippen LogP contribution in [0, 0.1) is 34.0 Å². The lowest BCUT2D eigenvalue weighted by Gasteiger charge is -2.69. The van der Waals surface area contributed by atoms with Crippen LogP contribution in [0.1, 0.15) is 78.6 Å². The van der Waals surface area contributed by atoms with Gasteiger partial charge < -0.3 is 5.11 Å². The van der Waals surface area contributed by atoms with Gasteiger partial charge in [-0.3, -0.25) is 4.79 Å². The number of carbonyl (C=O) groups excluding carboxylic acids is 1. The number of aliphatic hydroxyl groups is 1. The van der Waals surface area contributed by atoms with Gasteiger partial charge in [0.1, 0.15) is 0 Å². The molecule has 2 nitrogen and oxygen atoms in total. The van der Waals surface area contributed by atoms with Gasteiger partial charge in [0.2, 0.25) is 0 Å². The fourth-order valence-corrected chi connectivity index (χ4v) is 7.90. The van der Waals surface area contributed by atoms with E-state index in [0.717, 1.165) is 31.3 Å². The van der Waals surface area contributed by atoms with Gasteiger partial charge in [-0.2, -0.15) is 0 Å². The Morgan fingerprint density at radius 2 is 1.88 bits per heavy atom. The Hall–Kier alpha value is -0.630. The van der Waals surface area contributed by atoms with E-state index in [4.69, 9.17) is 0 Å². The van der Waals surface area contributed by atoms with Crippen LogP contribution in [0.15, 0.2) is 12.2 Å². The molecule has 24 heavy (non-hydrogen) atoms. The molecule has 0 heterocycles. The van der Waals surface area contributed by atoms with Crippen molar-refractivity contribution >= 4 is 5.78 Å². The van der Waals surface area contributed by atoms with E-state index in [-0.39, 0.29) is 11.2 Å². The third-order valence-electron chi connectivity index (χ3n) is 9.39. The van der Waals surface area contributed by atoms with Crippen LogP contribution in [0.3, 0.4) is 0 Å². The van der Waals surface area contributed by atoms with Crippen LogP contribution in [-0.4, -0.2) is 17.0 Å². The summed E-state index contributed by atoms with van der Waals surface area (Å²) < 4.78 is 0. The molecule has 134 valence electrons. The van der Waals surface area contributed by atoms with Crippen LogP contribution in [0.25, 0.3) is 0 Å². The molecule has 0 aromatic heterocycles. The van der Waals surface area contributed by atoms with Crippen molar-refractivity contribution in [3.8, 4) is 0 Å². The monoisotopic (exact) mass is 330 g/mol. The number of fused-ring (bicyclic) bond motifs is 3. The molecule has 5 aliphatic rings. The summed E-state index contributed by atoms with van der Waals surface area (Å²) in [6.45, 7) is 11.3. The van der Waals surface area contributed by atoms with E-state index in [9.17, 15) is 9.90 Å². The molecule has 1 spiro atoms. The Morgan fingerprint density at radius 1 is 1.12 bits per heavy atom. The molecule has 0 aromatic carbocycles. The molecular formula is C22H34O2. The molecule has 5 aliphatic carbocycles. The van der Waals surface area contributed by atoms with Crippen LogP contribution in [0.4, 0.5) is 0 Å². The quantitative estimate of drug-likeness (QED) is 0.731. The molecular weight excluding hydrogens is 296 g/mol. The minimum atomic E-state index is -0.496. The number of hydrogen-bond donors (Lipinski definition) is 1. The molecule has 7 atom stereocenters. The van der Waals surface area contributed by atoms with Crippen molar-refractivity contribution in [1.29, 1.82) is 0 Å². The van der Waals surface area contributed by atoms with Crippen LogP contribution in [-0.2, 0) is 4.79 Å². The highest BCUT2D eigenvalue weighted by atomic mass is 16.3. The average molecular weight is 331 g/mol. The molecule has 0 amide bonds. The molecule has 2 heteroatoms. The standard InChI is InChI=1S/C22H34O2/c1-5-20(4)9-7-10-21(6-2)16(20)13-18(23)22-11-8-15(12-17(21)22)14(3)19(22)24/h15-18,23H,3,5-13H2,1-2,4H3/t15-,16?,17?,18+,20+,21+,22+/m0/s1. The second-order valence-electron chi connectivity index (χ2n) is 9.67. The number of ketones is 1. The van der Waals surface area contributed by atoms with Crippen molar-refractivity contribution in [1.82, 2.24) is 0 Å². The zero-order chi connectivity index (χ0) is 17.3. The Kier molecular flexibility index (Phi) is 3.64. The Labute approximate surface area is 147 Å².